The van der Waals surface area contributed by atoms with Crippen LogP contribution in [0.25, 0.3) is 0 Å². The Morgan fingerprint density at radius 1 is 1.33 bits per heavy atom. The number of hydrogen-bond acceptors (Lipinski definition) is 3. The zero-order valence-electron chi connectivity index (χ0n) is 11.7. The van der Waals surface area contributed by atoms with Gasteiger partial charge in [0.1, 0.15) is 0 Å². The van der Waals surface area contributed by atoms with E-state index >= 15 is 0 Å². The van der Waals surface area contributed by atoms with Gasteiger partial charge < -0.3 is 15.2 Å². The lowest BCUT2D eigenvalue weighted by atomic mass is 10.1. The molecule has 18 heavy (non-hydrogen) atoms. The zero-order chi connectivity index (χ0) is 13.4. The number of methoxy groups -OCH3 is 1. The van der Waals surface area contributed by atoms with Crippen molar-refractivity contribution in [1.82, 2.24) is 0 Å². The van der Waals surface area contributed by atoms with E-state index in [9.17, 15) is 0 Å². The molecule has 0 radical (unpaired) electrons. The maximum absolute atomic E-state index is 5.95. The average molecular weight is 251 g/mol. The lowest BCUT2D eigenvalue weighted by molar-refractivity contribution is 0.238. The van der Waals surface area contributed by atoms with Crippen LogP contribution in [0.2, 0.25) is 0 Å². The van der Waals surface area contributed by atoms with Gasteiger partial charge in [-0.2, -0.15) is 0 Å². The molecule has 102 valence electrons. The van der Waals surface area contributed by atoms with Gasteiger partial charge in [-0.15, -0.1) is 0 Å². The van der Waals surface area contributed by atoms with Crippen LogP contribution in [0.3, 0.4) is 0 Å². The lowest BCUT2D eigenvalue weighted by Gasteiger charge is -2.17. The van der Waals surface area contributed by atoms with Crippen LogP contribution in [-0.4, -0.2) is 20.3 Å². The van der Waals surface area contributed by atoms with Crippen molar-refractivity contribution < 1.29 is 9.47 Å². The van der Waals surface area contributed by atoms with Gasteiger partial charge in [0, 0.05) is 0 Å². The van der Waals surface area contributed by atoms with Crippen molar-refractivity contribution in [3.63, 3.8) is 0 Å². The molecule has 2 N–H and O–H groups in total. The fraction of sp³-hybridized carbons (Fsp3) is 0.600. The smallest absolute Gasteiger partial charge is 0.164 e. The van der Waals surface area contributed by atoms with E-state index in [0.29, 0.717) is 12.5 Å². The molecule has 0 fully saturated rings. The first-order chi connectivity index (χ1) is 8.72. The van der Waals surface area contributed by atoms with Crippen molar-refractivity contribution in [1.29, 1.82) is 0 Å². The van der Waals surface area contributed by atoms with E-state index in [4.69, 9.17) is 15.2 Å². The SMILES string of the molecule is CCCC(C)COc1c(CCN)cccc1OC. The van der Waals surface area contributed by atoms with Crippen molar-refractivity contribution in [2.24, 2.45) is 11.7 Å². The van der Waals surface area contributed by atoms with Crippen molar-refractivity contribution in [3.05, 3.63) is 23.8 Å². The van der Waals surface area contributed by atoms with E-state index in [1.807, 2.05) is 12.1 Å². The van der Waals surface area contributed by atoms with Crippen molar-refractivity contribution in [2.45, 2.75) is 33.1 Å². The van der Waals surface area contributed by atoms with Gasteiger partial charge in [-0.3, -0.25) is 0 Å². The van der Waals surface area contributed by atoms with Crippen molar-refractivity contribution in [2.75, 3.05) is 20.3 Å². The number of nitrogens with two attached hydrogens (primary N) is 1. The quantitative estimate of drug-likeness (QED) is 0.772. The van der Waals surface area contributed by atoms with Gasteiger partial charge >= 0.3 is 0 Å². The van der Waals surface area contributed by atoms with E-state index < -0.39 is 0 Å². The molecule has 0 aliphatic rings. The largest absolute Gasteiger partial charge is 0.493 e. The number of ether oxygens (including phenoxy) is 2. The Hall–Kier alpha value is -1.22. The van der Waals surface area contributed by atoms with Gasteiger partial charge in [0.2, 0.25) is 0 Å². The molecule has 0 aliphatic heterocycles. The molecule has 0 saturated heterocycles. The molecule has 1 aromatic rings. The maximum Gasteiger partial charge on any atom is 0.164 e. The monoisotopic (exact) mass is 251 g/mol. The predicted octanol–water partition coefficient (Wildman–Crippen LogP) is 3.01. The second-order valence-electron chi connectivity index (χ2n) is 4.69. The molecule has 1 aromatic carbocycles. The summed E-state index contributed by atoms with van der Waals surface area (Å²) >= 11 is 0. The highest BCUT2D eigenvalue weighted by Crippen LogP contribution is 2.31. The molecule has 0 aliphatic carbocycles. The van der Waals surface area contributed by atoms with E-state index in [1.165, 1.54) is 12.8 Å². The molecule has 0 bridgehead atoms. The summed E-state index contributed by atoms with van der Waals surface area (Å²) in [6.07, 6.45) is 3.18. The Kier molecular flexibility index (Phi) is 6.58. The molecule has 0 spiro atoms. The molecule has 3 heteroatoms. The Morgan fingerprint density at radius 2 is 2.11 bits per heavy atom. The first kappa shape index (κ1) is 14.8. The number of hydrogen-bond donors (Lipinski definition) is 1. The molecular formula is C15H25NO2. The first-order valence-corrected chi connectivity index (χ1v) is 6.71. The Labute approximate surface area is 110 Å². The molecule has 0 aromatic heterocycles. The number of benzene rings is 1. The summed E-state index contributed by atoms with van der Waals surface area (Å²) in [6, 6.07) is 5.96. The van der Waals surface area contributed by atoms with Crippen LogP contribution in [0.4, 0.5) is 0 Å². The molecule has 1 atom stereocenters. The highest BCUT2D eigenvalue weighted by Gasteiger charge is 2.11. The molecular weight excluding hydrogens is 226 g/mol. The zero-order valence-corrected chi connectivity index (χ0v) is 11.7. The highest BCUT2D eigenvalue weighted by molar-refractivity contribution is 5.46. The van der Waals surface area contributed by atoms with Crippen LogP contribution >= 0.6 is 0 Å². The number of para-hydroxylation sites is 1. The fourth-order valence-electron chi connectivity index (χ4n) is 2.04. The summed E-state index contributed by atoms with van der Waals surface area (Å²) in [5.41, 5.74) is 6.75. The topological polar surface area (TPSA) is 44.5 Å². The van der Waals surface area contributed by atoms with E-state index in [-0.39, 0.29) is 0 Å². The second-order valence-corrected chi connectivity index (χ2v) is 4.69. The van der Waals surface area contributed by atoms with Gasteiger partial charge in [-0.1, -0.05) is 32.4 Å². The molecule has 1 rings (SSSR count). The first-order valence-electron chi connectivity index (χ1n) is 6.71. The third-order valence-corrected chi connectivity index (χ3v) is 2.99. The lowest BCUT2D eigenvalue weighted by Crippen LogP contribution is -2.11. The Bertz CT molecular complexity index is 352. The summed E-state index contributed by atoms with van der Waals surface area (Å²) in [5.74, 6) is 2.21. The van der Waals surface area contributed by atoms with Crippen molar-refractivity contribution >= 4 is 0 Å². The van der Waals surface area contributed by atoms with Crippen LogP contribution in [0, 0.1) is 5.92 Å². The second kappa shape index (κ2) is 7.98. The van der Waals surface area contributed by atoms with Crippen LogP contribution in [0.1, 0.15) is 32.3 Å². The number of rotatable bonds is 8. The minimum absolute atomic E-state index is 0.561. The van der Waals surface area contributed by atoms with Crippen LogP contribution < -0.4 is 15.2 Å². The van der Waals surface area contributed by atoms with Crippen LogP contribution in [0.5, 0.6) is 11.5 Å². The van der Waals surface area contributed by atoms with Crippen LogP contribution in [-0.2, 0) is 6.42 Å². The summed E-state index contributed by atoms with van der Waals surface area (Å²) < 4.78 is 11.3. The third-order valence-electron chi connectivity index (χ3n) is 2.99. The van der Waals surface area contributed by atoms with Gasteiger partial charge in [-0.25, -0.2) is 0 Å². The summed E-state index contributed by atoms with van der Waals surface area (Å²) in [6.45, 7) is 5.75. The van der Waals surface area contributed by atoms with Gasteiger partial charge in [0.05, 0.1) is 13.7 Å². The van der Waals surface area contributed by atoms with Gasteiger partial charge in [0.25, 0.3) is 0 Å². The van der Waals surface area contributed by atoms with E-state index in [1.54, 1.807) is 7.11 Å². The van der Waals surface area contributed by atoms with Crippen molar-refractivity contribution in [3.8, 4) is 11.5 Å². The van der Waals surface area contributed by atoms with Crippen LogP contribution in [0.15, 0.2) is 18.2 Å². The standard InChI is InChI=1S/C15H25NO2/c1-4-6-12(2)11-18-15-13(9-10-16)7-5-8-14(15)17-3/h5,7-8,12H,4,6,9-11,16H2,1-3H3. The molecule has 0 heterocycles. The van der Waals surface area contributed by atoms with E-state index in [0.717, 1.165) is 30.1 Å². The minimum atomic E-state index is 0.561. The highest BCUT2D eigenvalue weighted by atomic mass is 16.5. The molecule has 3 nitrogen and oxygen atoms in total. The molecule has 0 saturated carbocycles. The normalized spacial score (nSPS) is 12.2. The predicted molar refractivity (Wildman–Crippen MR) is 75.3 cm³/mol. The average Bonchev–Trinajstić information content (AvgIpc) is 2.37. The Balaban J connectivity index is 2.77. The third kappa shape index (κ3) is 4.22. The minimum Gasteiger partial charge on any atom is -0.493 e. The fourth-order valence-corrected chi connectivity index (χ4v) is 2.04. The molecule has 0 amide bonds. The molecule has 1 unspecified atom stereocenters. The summed E-state index contributed by atoms with van der Waals surface area (Å²) in [7, 11) is 1.67. The van der Waals surface area contributed by atoms with Gasteiger partial charge in [0.15, 0.2) is 11.5 Å². The Morgan fingerprint density at radius 3 is 2.72 bits per heavy atom. The summed E-state index contributed by atoms with van der Waals surface area (Å²) in [5, 5.41) is 0. The van der Waals surface area contributed by atoms with E-state index in [2.05, 4.69) is 19.9 Å². The van der Waals surface area contributed by atoms with Gasteiger partial charge in [-0.05, 0) is 36.9 Å². The summed E-state index contributed by atoms with van der Waals surface area (Å²) in [4.78, 5) is 0. The maximum atomic E-state index is 5.95.